The van der Waals surface area contributed by atoms with Gasteiger partial charge in [0.15, 0.2) is 0 Å². The van der Waals surface area contributed by atoms with Crippen LogP contribution in [0, 0.1) is 5.21 Å². The van der Waals surface area contributed by atoms with Gasteiger partial charge < -0.3 is 5.21 Å². The molecule has 0 N–H and O–H groups in total. The molecule has 0 saturated heterocycles. The smallest absolute Gasteiger partial charge is 0.216 e. The van der Waals surface area contributed by atoms with Crippen LogP contribution in [0.3, 0.4) is 0 Å². The molecule has 0 amide bonds. The highest BCUT2D eigenvalue weighted by Gasteiger charge is 2.24. The van der Waals surface area contributed by atoms with Crippen molar-refractivity contribution < 1.29 is 4.86 Å². The van der Waals surface area contributed by atoms with Crippen molar-refractivity contribution in [1.82, 2.24) is 0 Å². The number of halogens is 3. The molecule has 1 aromatic carbocycles. The molecule has 0 spiro atoms. The summed E-state index contributed by atoms with van der Waals surface area (Å²) in [6.07, 6.45) is 0. The van der Waals surface area contributed by atoms with E-state index in [9.17, 15) is 5.21 Å². The van der Waals surface area contributed by atoms with Crippen LogP contribution >= 0.6 is 34.8 Å². The number of hydroxylamine groups is 1. The maximum absolute atomic E-state index is 11.3. The van der Waals surface area contributed by atoms with Gasteiger partial charge in [0.05, 0.1) is 5.22 Å². The lowest BCUT2D eigenvalue weighted by Gasteiger charge is -2.15. The van der Waals surface area contributed by atoms with Gasteiger partial charge in [-0.05, 0) is 26.0 Å². The first-order chi connectivity index (χ1) is 8.38. The Kier molecular flexibility index (Phi) is 5.50. The van der Waals surface area contributed by atoms with Crippen molar-refractivity contribution in [3.8, 4) is 0 Å². The Morgan fingerprint density at radius 3 is 2.50 bits per heavy atom. The monoisotopic (exact) mass is 309 g/mol. The summed E-state index contributed by atoms with van der Waals surface area (Å²) in [6.45, 7) is 4.43. The van der Waals surface area contributed by atoms with Crippen LogP contribution in [0.4, 0.5) is 5.69 Å². The maximum Gasteiger partial charge on any atom is 0.216 e. The molecule has 0 fully saturated rings. The van der Waals surface area contributed by atoms with E-state index >= 15 is 0 Å². The van der Waals surface area contributed by atoms with Crippen LogP contribution in [0.2, 0.25) is 0 Å². The van der Waals surface area contributed by atoms with Gasteiger partial charge >= 0.3 is 0 Å². The van der Waals surface area contributed by atoms with Crippen LogP contribution in [0.15, 0.2) is 29.5 Å². The Bertz CT molecular complexity index is 432. The van der Waals surface area contributed by atoms with Crippen LogP contribution in [0.5, 0.6) is 0 Å². The average Bonchev–Trinajstić information content (AvgIpc) is 2.34. The first-order valence-corrected chi connectivity index (χ1v) is 6.63. The number of alkyl halides is 3. The van der Waals surface area contributed by atoms with Crippen molar-refractivity contribution >= 4 is 40.5 Å². The van der Waals surface area contributed by atoms with E-state index in [2.05, 4.69) is 5.22 Å². The molecule has 18 heavy (non-hydrogen) atoms. The minimum atomic E-state index is -1.49. The van der Waals surface area contributed by atoms with Gasteiger partial charge in [0.2, 0.25) is 3.79 Å². The Morgan fingerprint density at radius 2 is 2.00 bits per heavy atom. The van der Waals surface area contributed by atoms with E-state index in [1.54, 1.807) is 36.2 Å². The molecule has 1 rings (SSSR count). The number of hydrogen-bond donors (Lipinski definition) is 0. The topological polar surface area (TPSA) is 41.7 Å². The number of anilines is 1. The molecule has 7 heteroatoms. The molecular formula is C11H14Cl3N3O. The first-order valence-electron chi connectivity index (χ1n) is 5.49. The number of nitrogens with zero attached hydrogens (tertiary/aromatic N) is 3. The minimum Gasteiger partial charge on any atom is -0.696 e. The Morgan fingerprint density at radius 1 is 1.33 bits per heavy atom. The summed E-state index contributed by atoms with van der Waals surface area (Å²) in [5.41, 5.74) is 1.24. The largest absolute Gasteiger partial charge is 0.696 e. The molecule has 0 radical (unpaired) electrons. The average molecular weight is 311 g/mol. The van der Waals surface area contributed by atoms with E-state index in [1.807, 2.05) is 6.92 Å². The molecule has 0 aliphatic heterocycles. The summed E-state index contributed by atoms with van der Waals surface area (Å²) in [7, 11) is 0. The number of rotatable bonds is 4. The molecule has 4 nitrogen and oxygen atoms in total. The molecule has 0 atom stereocenters. The highest BCUT2D eigenvalue weighted by molar-refractivity contribution is 6.66. The molecule has 0 aliphatic rings. The van der Waals surface area contributed by atoms with Gasteiger partial charge in [-0.1, -0.05) is 46.9 Å². The summed E-state index contributed by atoms with van der Waals surface area (Å²) in [5, 5.41) is 16.7. The Balaban J connectivity index is 3.08. The molecule has 0 heterocycles. The van der Waals surface area contributed by atoms with E-state index in [4.69, 9.17) is 34.8 Å². The summed E-state index contributed by atoms with van der Waals surface area (Å²) in [5.74, 6) is 0. The molecule has 0 bridgehead atoms. The van der Waals surface area contributed by atoms with Crippen molar-refractivity contribution in [2.24, 2.45) is 5.22 Å². The van der Waals surface area contributed by atoms with Gasteiger partial charge in [-0.2, -0.15) is 4.86 Å². The van der Waals surface area contributed by atoms with Gasteiger partial charge in [-0.15, -0.1) is 5.01 Å². The van der Waals surface area contributed by atoms with Crippen molar-refractivity contribution in [1.29, 1.82) is 0 Å². The summed E-state index contributed by atoms with van der Waals surface area (Å²) in [4.78, 5) is 0.603. The third kappa shape index (κ3) is 4.19. The Labute approximate surface area is 121 Å². The lowest BCUT2D eigenvalue weighted by Crippen LogP contribution is -2.19. The third-order valence-corrected chi connectivity index (χ3v) is 2.90. The molecular weight excluding hydrogens is 296 g/mol. The van der Waals surface area contributed by atoms with E-state index in [0.717, 1.165) is 0 Å². The summed E-state index contributed by atoms with van der Waals surface area (Å²) in [6, 6.07) is 6.96. The highest BCUT2D eigenvalue weighted by Crippen LogP contribution is 2.39. The Hall–Kier alpha value is -0.710. The summed E-state index contributed by atoms with van der Waals surface area (Å²) >= 11 is 17.5. The quantitative estimate of drug-likeness (QED) is 0.361. The van der Waals surface area contributed by atoms with Crippen LogP contribution in [-0.4, -0.2) is 18.0 Å². The minimum absolute atomic E-state index is 0.278. The lowest BCUT2D eigenvalue weighted by molar-refractivity contribution is -0.527. The van der Waals surface area contributed by atoms with E-state index in [1.165, 1.54) is 0 Å². The highest BCUT2D eigenvalue weighted by atomic mass is 35.6. The zero-order valence-corrected chi connectivity index (χ0v) is 12.4. The van der Waals surface area contributed by atoms with Crippen LogP contribution < -0.4 is 5.01 Å². The fraction of sp³-hybridized carbons (Fsp3) is 0.455. The van der Waals surface area contributed by atoms with Crippen LogP contribution in [0.25, 0.3) is 0 Å². The van der Waals surface area contributed by atoms with E-state index in [-0.39, 0.29) is 6.54 Å². The van der Waals surface area contributed by atoms with Crippen molar-refractivity contribution in [3.63, 3.8) is 0 Å². The second-order valence-electron chi connectivity index (χ2n) is 3.52. The fourth-order valence-electron chi connectivity index (χ4n) is 1.32. The van der Waals surface area contributed by atoms with Crippen molar-refractivity contribution in [2.75, 3.05) is 18.1 Å². The summed E-state index contributed by atoms with van der Waals surface area (Å²) < 4.78 is -1.49. The third-order valence-electron chi connectivity index (χ3n) is 2.25. The fourth-order valence-corrected chi connectivity index (χ4v) is 1.68. The van der Waals surface area contributed by atoms with Gasteiger partial charge in [0, 0.05) is 5.56 Å². The van der Waals surface area contributed by atoms with Gasteiger partial charge in [-0.25, -0.2) is 0 Å². The second kappa shape index (κ2) is 6.45. The molecule has 0 aromatic heterocycles. The van der Waals surface area contributed by atoms with Gasteiger partial charge in [-0.3, -0.25) is 0 Å². The molecule has 0 saturated carbocycles. The molecule has 0 aliphatic carbocycles. The SMILES string of the molecule is CCN(N=[N+]([O-])CC)c1cccc(C(Cl)(Cl)Cl)c1. The number of benzene rings is 1. The van der Waals surface area contributed by atoms with Crippen LogP contribution in [0.1, 0.15) is 19.4 Å². The second-order valence-corrected chi connectivity index (χ2v) is 5.80. The maximum atomic E-state index is 11.3. The standard InChI is InChI=1S/C11H14Cl3N3O/c1-3-16(15-17(18)4-2)10-7-5-6-9(8-10)11(12,13)14/h5-8H,3-4H2,1-2H3. The van der Waals surface area contributed by atoms with E-state index in [0.29, 0.717) is 22.7 Å². The lowest BCUT2D eigenvalue weighted by atomic mass is 10.2. The van der Waals surface area contributed by atoms with Crippen molar-refractivity contribution in [3.05, 3.63) is 35.0 Å². The molecule has 100 valence electrons. The van der Waals surface area contributed by atoms with E-state index < -0.39 is 3.79 Å². The predicted molar refractivity (Wildman–Crippen MR) is 75.3 cm³/mol. The first kappa shape index (κ1) is 15.3. The van der Waals surface area contributed by atoms with Gasteiger partial charge in [0.1, 0.15) is 18.8 Å². The zero-order valence-electron chi connectivity index (χ0n) is 10.1. The predicted octanol–water partition coefficient (Wildman–Crippen LogP) is 4.24. The normalized spacial score (nSPS) is 12.6. The van der Waals surface area contributed by atoms with Crippen molar-refractivity contribution in [2.45, 2.75) is 17.6 Å². The number of hydrogen-bond acceptors (Lipinski definition) is 2. The zero-order chi connectivity index (χ0) is 13.8. The molecule has 1 aromatic rings. The van der Waals surface area contributed by atoms with Crippen LogP contribution in [-0.2, 0) is 3.79 Å². The molecule has 0 unspecified atom stereocenters. The van der Waals surface area contributed by atoms with Gasteiger partial charge in [0.25, 0.3) is 0 Å².